The molecule has 2 rings (SSSR count). The standard InChI is InChI=1S/C13H16N2O3/c1-9(16)15-11-4-2-10(3-5-11)8-14-12-6-7-18-13(12)17/h2-5,12,14H,6-8H2,1H3,(H,15,16). The molecule has 5 nitrogen and oxygen atoms in total. The van der Waals surface area contributed by atoms with Crippen molar-refractivity contribution in [3.63, 3.8) is 0 Å². The molecule has 0 bridgehead atoms. The molecule has 0 aromatic heterocycles. The summed E-state index contributed by atoms with van der Waals surface area (Å²) in [5.74, 6) is -0.264. The summed E-state index contributed by atoms with van der Waals surface area (Å²) >= 11 is 0. The fourth-order valence-corrected chi connectivity index (χ4v) is 1.83. The van der Waals surface area contributed by atoms with Crippen molar-refractivity contribution < 1.29 is 14.3 Å². The Kier molecular flexibility index (Phi) is 3.94. The number of anilines is 1. The lowest BCUT2D eigenvalue weighted by Gasteiger charge is -2.09. The molecule has 1 amide bonds. The molecule has 1 aliphatic rings. The van der Waals surface area contributed by atoms with E-state index in [0.717, 1.165) is 17.7 Å². The molecule has 1 heterocycles. The molecule has 1 aliphatic heterocycles. The normalized spacial score (nSPS) is 18.5. The Labute approximate surface area is 106 Å². The molecule has 5 heteroatoms. The molecular weight excluding hydrogens is 232 g/mol. The van der Waals surface area contributed by atoms with Crippen LogP contribution in [0.5, 0.6) is 0 Å². The van der Waals surface area contributed by atoms with E-state index in [2.05, 4.69) is 10.6 Å². The highest BCUT2D eigenvalue weighted by Crippen LogP contribution is 2.11. The first kappa shape index (κ1) is 12.6. The van der Waals surface area contributed by atoms with Gasteiger partial charge in [0.25, 0.3) is 0 Å². The van der Waals surface area contributed by atoms with E-state index in [9.17, 15) is 9.59 Å². The Morgan fingerprint density at radius 1 is 1.39 bits per heavy atom. The van der Waals surface area contributed by atoms with Gasteiger partial charge in [0.1, 0.15) is 6.04 Å². The monoisotopic (exact) mass is 248 g/mol. The zero-order chi connectivity index (χ0) is 13.0. The predicted molar refractivity (Wildman–Crippen MR) is 66.9 cm³/mol. The molecule has 0 spiro atoms. The highest BCUT2D eigenvalue weighted by molar-refractivity contribution is 5.88. The van der Waals surface area contributed by atoms with Gasteiger partial charge in [-0.05, 0) is 17.7 Å². The molecular formula is C13H16N2O3. The Bertz CT molecular complexity index is 442. The maximum absolute atomic E-state index is 11.2. The van der Waals surface area contributed by atoms with Gasteiger partial charge in [0.15, 0.2) is 0 Å². The van der Waals surface area contributed by atoms with Crippen LogP contribution in [0.4, 0.5) is 5.69 Å². The van der Waals surface area contributed by atoms with Crippen molar-refractivity contribution >= 4 is 17.6 Å². The van der Waals surface area contributed by atoms with Gasteiger partial charge in [0.2, 0.25) is 5.91 Å². The molecule has 0 saturated carbocycles. The van der Waals surface area contributed by atoms with Crippen LogP contribution in [0.2, 0.25) is 0 Å². The minimum Gasteiger partial charge on any atom is -0.464 e. The molecule has 1 aromatic rings. The third-order valence-electron chi connectivity index (χ3n) is 2.76. The summed E-state index contributed by atoms with van der Waals surface area (Å²) in [5.41, 5.74) is 1.83. The second-order valence-corrected chi connectivity index (χ2v) is 4.27. The first-order valence-electron chi connectivity index (χ1n) is 5.92. The number of carbonyl (C=O) groups excluding carboxylic acids is 2. The molecule has 1 aromatic carbocycles. The minimum absolute atomic E-state index is 0.0884. The molecule has 18 heavy (non-hydrogen) atoms. The third kappa shape index (κ3) is 3.30. The van der Waals surface area contributed by atoms with Crippen LogP contribution in [0.3, 0.4) is 0 Å². The smallest absolute Gasteiger partial charge is 0.323 e. The predicted octanol–water partition coefficient (Wildman–Crippen LogP) is 1.05. The maximum atomic E-state index is 11.2. The number of rotatable bonds is 4. The second-order valence-electron chi connectivity index (χ2n) is 4.27. The van der Waals surface area contributed by atoms with Gasteiger partial charge < -0.3 is 15.4 Å². The number of benzene rings is 1. The topological polar surface area (TPSA) is 67.4 Å². The summed E-state index contributed by atoms with van der Waals surface area (Å²) in [7, 11) is 0. The van der Waals surface area contributed by atoms with E-state index in [4.69, 9.17) is 4.74 Å². The van der Waals surface area contributed by atoms with Gasteiger partial charge in [0.05, 0.1) is 6.61 Å². The lowest BCUT2D eigenvalue weighted by molar-refractivity contribution is -0.139. The molecule has 1 saturated heterocycles. The minimum atomic E-state index is -0.194. The van der Waals surface area contributed by atoms with E-state index >= 15 is 0 Å². The van der Waals surface area contributed by atoms with Gasteiger partial charge >= 0.3 is 5.97 Å². The van der Waals surface area contributed by atoms with E-state index in [-0.39, 0.29) is 17.9 Å². The van der Waals surface area contributed by atoms with Crippen molar-refractivity contribution in [3.8, 4) is 0 Å². The summed E-state index contributed by atoms with van der Waals surface area (Å²) < 4.78 is 4.87. The van der Waals surface area contributed by atoms with Crippen LogP contribution < -0.4 is 10.6 Å². The van der Waals surface area contributed by atoms with Crippen molar-refractivity contribution in [2.24, 2.45) is 0 Å². The quantitative estimate of drug-likeness (QED) is 0.782. The van der Waals surface area contributed by atoms with Gasteiger partial charge in [-0.3, -0.25) is 9.59 Å². The third-order valence-corrected chi connectivity index (χ3v) is 2.76. The number of nitrogens with one attached hydrogen (secondary N) is 2. The number of hydrogen-bond acceptors (Lipinski definition) is 4. The number of carbonyl (C=O) groups is 2. The number of ether oxygens (including phenoxy) is 1. The molecule has 0 radical (unpaired) electrons. The fourth-order valence-electron chi connectivity index (χ4n) is 1.83. The van der Waals surface area contributed by atoms with Crippen molar-refractivity contribution in [2.75, 3.05) is 11.9 Å². The summed E-state index contributed by atoms with van der Waals surface area (Å²) in [5, 5.41) is 5.85. The molecule has 1 fully saturated rings. The largest absolute Gasteiger partial charge is 0.464 e. The first-order chi connectivity index (χ1) is 8.65. The van der Waals surface area contributed by atoms with Gasteiger partial charge in [-0.25, -0.2) is 0 Å². The molecule has 2 N–H and O–H groups in total. The van der Waals surface area contributed by atoms with Crippen LogP contribution in [0, 0.1) is 0 Å². The van der Waals surface area contributed by atoms with Crippen LogP contribution in [0.1, 0.15) is 18.9 Å². The average molecular weight is 248 g/mol. The Morgan fingerprint density at radius 3 is 2.67 bits per heavy atom. The van der Waals surface area contributed by atoms with E-state index < -0.39 is 0 Å². The zero-order valence-electron chi connectivity index (χ0n) is 10.2. The Morgan fingerprint density at radius 2 is 2.11 bits per heavy atom. The van der Waals surface area contributed by atoms with Gasteiger partial charge in [-0.15, -0.1) is 0 Å². The highest BCUT2D eigenvalue weighted by Gasteiger charge is 2.25. The molecule has 96 valence electrons. The van der Waals surface area contributed by atoms with Gasteiger partial charge in [0, 0.05) is 25.6 Å². The lowest BCUT2D eigenvalue weighted by atomic mass is 10.2. The number of esters is 1. The van der Waals surface area contributed by atoms with Gasteiger partial charge in [-0.2, -0.15) is 0 Å². The second kappa shape index (κ2) is 5.64. The zero-order valence-corrected chi connectivity index (χ0v) is 10.2. The maximum Gasteiger partial charge on any atom is 0.323 e. The van der Waals surface area contributed by atoms with Crippen LogP contribution in [0.15, 0.2) is 24.3 Å². The van der Waals surface area contributed by atoms with E-state index in [0.29, 0.717) is 13.2 Å². The molecule has 1 unspecified atom stereocenters. The molecule has 1 atom stereocenters. The van der Waals surface area contributed by atoms with Crippen molar-refractivity contribution in [1.82, 2.24) is 5.32 Å². The van der Waals surface area contributed by atoms with Crippen LogP contribution >= 0.6 is 0 Å². The van der Waals surface area contributed by atoms with Crippen molar-refractivity contribution in [1.29, 1.82) is 0 Å². The van der Waals surface area contributed by atoms with Gasteiger partial charge in [-0.1, -0.05) is 12.1 Å². The first-order valence-corrected chi connectivity index (χ1v) is 5.92. The van der Waals surface area contributed by atoms with Crippen LogP contribution in [0.25, 0.3) is 0 Å². The van der Waals surface area contributed by atoms with E-state index in [1.54, 1.807) is 0 Å². The summed E-state index contributed by atoms with van der Waals surface area (Å²) in [6.45, 7) is 2.58. The summed E-state index contributed by atoms with van der Waals surface area (Å²) in [4.78, 5) is 22.1. The number of cyclic esters (lactones) is 1. The molecule has 0 aliphatic carbocycles. The lowest BCUT2D eigenvalue weighted by Crippen LogP contribution is -2.32. The number of hydrogen-bond donors (Lipinski definition) is 2. The summed E-state index contributed by atoms with van der Waals surface area (Å²) in [6, 6.07) is 7.31. The van der Waals surface area contributed by atoms with E-state index in [1.165, 1.54) is 6.92 Å². The Balaban J connectivity index is 1.86. The van der Waals surface area contributed by atoms with Crippen molar-refractivity contribution in [2.45, 2.75) is 25.9 Å². The van der Waals surface area contributed by atoms with Crippen molar-refractivity contribution in [3.05, 3.63) is 29.8 Å². The highest BCUT2D eigenvalue weighted by atomic mass is 16.5. The SMILES string of the molecule is CC(=O)Nc1ccc(CNC2CCOC2=O)cc1. The summed E-state index contributed by atoms with van der Waals surface area (Å²) in [6.07, 6.45) is 0.725. The fraction of sp³-hybridized carbons (Fsp3) is 0.385. The number of amides is 1. The Hall–Kier alpha value is -1.88. The van der Waals surface area contributed by atoms with Crippen LogP contribution in [-0.2, 0) is 20.9 Å². The van der Waals surface area contributed by atoms with E-state index in [1.807, 2.05) is 24.3 Å². The van der Waals surface area contributed by atoms with Crippen LogP contribution in [-0.4, -0.2) is 24.5 Å². The average Bonchev–Trinajstić information content (AvgIpc) is 2.73.